The number of rotatable bonds is 11. The van der Waals surface area contributed by atoms with Crippen molar-refractivity contribution in [3.05, 3.63) is 131 Å². The number of thioether (sulfide) groups is 1. The normalized spacial score (nSPS) is 13.1. The second-order valence-corrected chi connectivity index (χ2v) is 10.5. The van der Waals surface area contributed by atoms with Gasteiger partial charge in [-0.3, -0.25) is 0 Å². The fraction of sp³-hybridized carbons (Fsp3) is 0.242. The lowest BCUT2D eigenvalue weighted by Crippen LogP contribution is -2.40. The summed E-state index contributed by atoms with van der Waals surface area (Å²) in [6.45, 7) is 0.686. The van der Waals surface area contributed by atoms with Gasteiger partial charge in [0, 0.05) is 5.92 Å². The summed E-state index contributed by atoms with van der Waals surface area (Å²) < 4.78 is 12.3. The highest BCUT2D eigenvalue weighted by atomic mass is 32.2. The lowest BCUT2D eigenvalue weighted by Gasteiger charge is -2.24. The van der Waals surface area contributed by atoms with Crippen molar-refractivity contribution in [2.75, 3.05) is 25.2 Å². The Hall–Kier alpha value is -3.54. The van der Waals surface area contributed by atoms with Gasteiger partial charge in [-0.25, -0.2) is 4.79 Å². The molecule has 0 unspecified atom stereocenters. The average Bonchev–Trinajstić information content (AvgIpc) is 3.29. The van der Waals surface area contributed by atoms with Gasteiger partial charge < -0.3 is 14.8 Å². The third-order valence-corrected chi connectivity index (χ3v) is 7.65. The summed E-state index contributed by atoms with van der Waals surface area (Å²) >= 11 is 1.75. The molecule has 38 heavy (non-hydrogen) atoms. The lowest BCUT2D eigenvalue weighted by molar-refractivity contribution is 0.0584. The van der Waals surface area contributed by atoms with E-state index in [2.05, 4.69) is 72.2 Å². The molecule has 0 saturated heterocycles. The van der Waals surface area contributed by atoms with Gasteiger partial charge >= 0.3 is 6.09 Å². The van der Waals surface area contributed by atoms with Crippen molar-refractivity contribution in [2.24, 2.45) is 0 Å². The summed E-state index contributed by atoms with van der Waals surface area (Å²) in [5, 5.41) is 3.08. The fourth-order valence-corrected chi connectivity index (χ4v) is 5.64. The van der Waals surface area contributed by atoms with Gasteiger partial charge in [0.05, 0.1) is 12.6 Å². The van der Waals surface area contributed by atoms with Crippen molar-refractivity contribution < 1.29 is 14.3 Å². The van der Waals surface area contributed by atoms with Crippen LogP contribution in [0.3, 0.4) is 0 Å². The van der Waals surface area contributed by atoms with Gasteiger partial charge in [0.2, 0.25) is 0 Å². The van der Waals surface area contributed by atoms with Crippen molar-refractivity contribution in [3.63, 3.8) is 0 Å². The Morgan fingerprint density at radius 1 is 0.789 bits per heavy atom. The molecular formula is C33H33NO3S. The first-order valence-corrected chi connectivity index (χ1v) is 14.5. The molecule has 5 rings (SSSR count). The van der Waals surface area contributed by atoms with Crippen molar-refractivity contribution in [2.45, 2.75) is 24.5 Å². The third kappa shape index (κ3) is 6.12. The Bertz CT molecular complexity index is 1240. The predicted octanol–water partition coefficient (Wildman–Crippen LogP) is 7.45. The van der Waals surface area contributed by atoms with E-state index < -0.39 is 6.09 Å². The molecule has 5 heteroatoms. The summed E-state index contributed by atoms with van der Waals surface area (Å²) in [7, 11) is 0. The Balaban J connectivity index is 1.24. The zero-order chi connectivity index (χ0) is 26.2. The van der Waals surface area contributed by atoms with Crippen LogP contribution < -0.4 is 5.32 Å². The van der Waals surface area contributed by atoms with Gasteiger partial charge in [0.15, 0.2) is 0 Å². The predicted molar refractivity (Wildman–Crippen MR) is 156 cm³/mol. The molecule has 0 saturated carbocycles. The minimum Gasteiger partial charge on any atom is -0.449 e. The molecule has 194 valence electrons. The molecule has 1 aliphatic rings. The van der Waals surface area contributed by atoms with Gasteiger partial charge in [-0.05, 0) is 51.8 Å². The highest BCUT2D eigenvalue weighted by Gasteiger charge is 2.29. The third-order valence-electron chi connectivity index (χ3n) is 7.00. The summed E-state index contributed by atoms with van der Waals surface area (Å²) in [4.78, 5) is 13.0. The first-order chi connectivity index (χ1) is 18.7. The van der Waals surface area contributed by atoms with Crippen molar-refractivity contribution >= 4 is 17.9 Å². The van der Waals surface area contributed by atoms with Crippen LogP contribution in [-0.2, 0) is 9.47 Å². The summed E-state index contributed by atoms with van der Waals surface area (Å²) in [5.41, 5.74) is 7.02. The van der Waals surface area contributed by atoms with Gasteiger partial charge in [0.1, 0.15) is 12.7 Å². The fourth-order valence-electron chi connectivity index (χ4n) is 5.12. The number of carbonyl (C=O) groups excluding carboxylic acids is 1. The van der Waals surface area contributed by atoms with E-state index >= 15 is 0 Å². The van der Waals surface area contributed by atoms with Gasteiger partial charge in [-0.15, -0.1) is 0 Å². The van der Waals surface area contributed by atoms with E-state index in [0.717, 1.165) is 23.3 Å². The van der Waals surface area contributed by atoms with Gasteiger partial charge in [-0.1, -0.05) is 109 Å². The first-order valence-electron chi connectivity index (χ1n) is 13.1. The largest absolute Gasteiger partial charge is 0.449 e. The average molecular weight is 524 g/mol. The minimum absolute atomic E-state index is 0.0367. The smallest absolute Gasteiger partial charge is 0.407 e. The Morgan fingerprint density at radius 3 is 1.87 bits per heavy atom. The van der Waals surface area contributed by atoms with Crippen LogP contribution in [0.5, 0.6) is 0 Å². The number of nitrogens with one attached hydrogen (secondary N) is 1. The molecule has 4 aromatic carbocycles. The topological polar surface area (TPSA) is 47.6 Å². The monoisotopic (exact) mass is 523 g/mol. The maximum absolute atomic E-state index is 13.0. The minimum atomic E-state index is -0.405. The van der Waals surface area contributed by atoms with Crippen LogP contribution in [0.2, 0.25) is 0 Å². The SMILES string of the molecule is CSCC[C@@H](COC(c1ccccc1)c1ccccc1)NC(=O)OCC1c2ccccc2-c2ccccc21. The second kappa shape index (κ2) is 12.8. The summed E-state index contributed by atoms with van der Waals surface area (Å²) in [6.07, 6.45) is 2.25. The van der Waals surface area contributed by atoms with Gasteiger partial charge in [0.25, 0.3) is 0 Å². The number of alkyl carbamates (subject to hydrolysis) is 1. The Labute approximate surface area is 229 Å². The zero-order valence-electron chi connectivity index (χ0n) is 21.6. The van der Waals surface area contributed by atoms with Crippen LogP contribution in [0.1, 0.15) is 40.7 Å². The van der Waals surface area contributed by atoms with E-state index in [0.29, 0.717) is 13.2 Å². The number of amides is 1. The van der Waals surface area contributed by atoms with Crippen molar-refractivity contribution in [1.82, 2.24) is 5.32 Å². The summed E-state index contributed by atoms with van der Waals surface area (Å²) in [6, 6.07) is 37.0. The van der Waals surface area contributed by atoms with Crippen LogP contribution >= 0.6 is 11.8 Å². The zero-order valence-corrected chi connectivity index (χ0v) is 22.4. The van der Waals surface area contributed by atoms with Crippen LogP contribution in [-0.4, -0.2) is 37.4 Å². The Kier molecular flexibility index (Phi) is 8.79. The molecular weight excluding hydrogens is 490 g/mol. The van der Waals surface area contributed by atoms with Crippen LogP contribution in [0.4, 0.5) is 4.79 Å². The summed E-state index contributed by atoms with van der Waals surface area (Å²) in [5.74, 6) is 0.952. The molecule has 1 atom stereocenters. The van der Waals surface area contributed by atoms with E-state index in [9.17, 15) is 4.79 Å². The molecule has 4 nitrogen and oxygen atoms in total. The molecule has 4 aromatic rings. The highest BCUT2D eigenvalue weighted by molar-refractivity contribution is 7.98. The number of benzene rings is 4. The number of fused-ring (bicyclic) bond motifs is 3. The maximum atomic E-state index is 13.0. The molecule has 0 spiro atoms. The Morgan fingerprint density at radius 2 is 1.32 bits per heavy atom. The first kappa shape index (κ1) is 26.1. The van der Waals surface area contributed by atoms with Crippen molar-refractivity contribution in [3.8, 4) is 11.1 Å². The van der Waals surface area contributed by atoms with E-state index in [-0.39, 0.29) is 18.1 Å². The molecule has 1 amide bonds. The number of hydrogen-bond donors (Lipinski definition) is 1. The van der Waals surface area contributed by atoms with E-state index in [4.69, 9.17) is 9.47 Å². The number of ether oxygens (including phenoxy) is 2. The molecule has 1 N–H and O–H groups in total. The van der Waals surface area contributed by atoms with Crippen molar-refractivity contribution in [1.29, 1.82) is 0 Å². The molecule has 0 heterocycles. The van der Waals surface area contributed by atoms with Crippen LogP contribution in [0.25, 0.3) is 11.1 Å². The lowest BCUT2D eigenvalue weighted by atomic mass is 9.98. The van der Waals surface area contributed by atoms with E-state index in [1.165, 1.54) is 22.3 Å². The molecule has 0 fully saturated rings. The molecule has 1 aliphatic carbocycles. The van der Waals surface area contributed by atoms with Gasteiger partial charge in [-0.2, -0.15) is 11.8 Å². The number of carbonyl (C=O) groups is 1. The quantitative estimate of drug-likeness (QED) is 0.222. The maximum Gasteiger partial charge on any atom is 0.407 e. The molecule has 0 aliphatic heterocycles. The van der Waals surface area contributed by atoms with Crippen LogP contribution in [0, 0.1) is 0 Å². The molecule has 0 radical (unpaired) electrons. The highest BCUT2D eigenvalue weighted by Crippen LogP contribution is 2.44. The second-order valence-electron chi connectivity index (χ2n) is 9.48. The molecule has 0 bridgehead atoms. The van der Waals surface area contributed by atoms with Crippen LogP contribution in [0.15, 0.2) is 109 Å². The van der Waals surface area contributed by atoms with E-state index in [1.807, 2.05) is 48.5 Å². The van der Waals surface area contributed by atoms with E-state index in [1.54, 1.807) is 11.8 Å². The standard InChI is InChI=1S/C33H33NO3S/c1-38-21-20-26(22-36-32(24-12-4-2-5-13-24)25-14-6-3-7-15-25)34-33(35)37-23-31-29-18-10-8-16-27(29)28-17-9-11-19-30(28)31/h2-19,26,31-32H,20-23H2,1H3,(H,34,35)/t26-/m0/s1. The number of hydrogen-bond acceptors (Lipinski definition) is 4. The molecule has 0 aromatic heterocycles.